The molecular weight excluding hydrogens is 268 g/mol. The first-order valence-corrected chi connectivity index (χ1v) is 7.48. The first kappa shape index (κ1) is 14.2. The Bertz CT molecular complexity index is 764. The average molecular weight is 288 g/mol. The summed E-state index contributed by atoms with van der Waals surface area (Å²) in [6, 6.07) is 24.8. The summed E-state index contributed by atoms with van der Waals surface area (Å²) in [5.74, 6) is 0. The van der Waals surface area contributed by atoms with Crippen molar-refractivity contribution >= 4 is 22.7 Å². The van der Waals surface area contributed by atoms with E-state index in [1.807, 2.05) is 18.2 Å². The highest BCUT2D eigenvalue weighted by atomic mass is 14.9. The van der Waals surface area contributed by atoms with Crippen LogP contribution < -0.4 is 10.6 Å². The second kappa shape index (κ2) is 6.35. The van der Waals surface area contributed by atoms with E-state index in [0.29, 0.717) is 0 Å². The highest BCUT2D eigenvalue weighted by Crippen LogP contribution is 2.29. The molecule has 0 atom stereocenters. The van der Waals surface area contributed by atoms with Crippen LogP contribution in [0.3, 0.4) is 0 Å². The largest absolute Gasteiger partial charge is 0.355 e. The Kier molecular flexibility index (Phi) is 4.10. The number of anilines is 4. The Hall–Kier alpha value is -2.74. The molecule has 3 aromatic rings. The maximum Gasteiger partial charge on any atom is 0.0434 e. The minimum Gasteiger partial charge on any atom is -0.355 e. The first-order chi connectivity index (χ1) is 10.7. The summed E-state index contributed by atoms with van der Waals surface area (Å²) in [7, 11) is 0. The molecule has 0 aromatic heterocycles. The molecule has 2 heteroatoms. The maximum absolute atomic E-state index is 3.53. The van der Waals surface area contributed by atoms with Gasteiger partial charge in [0.15, 0.2) is 0 Å². The van der Waals surface area contributed by atoms with Gasteiger partial charge < -0.3 is 10.6 Å². The minimum atomic E-state index is 1.10. The molecule has 110 valence electrons. The van der Waals surface area contributed by atoms with Crippen LogP contribution in [0.1, 0.15) is 11.1 Å². The second-order valence-corrected chi connectivity index (χ2v) is 5.41. The molecule has 0 bridgehead atoms. The van der Waals surface area contributed by atoms with E-state index in [0.717, 1.165) is 22.7 Å². The van der Waals surface area contributed by atoms with Gasteiger partial charge in [0.1, 0.15) is 0 Å². The zero-order chi connectivity index (χ0) is 15.4. The van der Waals surface area contributed by atoms with Crippen LogP contribution in [0.2, 0.25) is 0 Å². The smallest absolute Gasteiger partial charge is 0.0434 e. The highest BCUT2D eigenvalue weighted by Gasteiger charge is 2.05. The van der Waals surface area contributed by atoms with E-state index in [-0.39, 0.29) is 0 Å². The van der Waals surface area contributed by atoms with Gasteiger partial charge in [-0.25, -0.2) is 0 Å². The van der Waals surface area contributed by atoms with Gasteiger partial charge in [0.05, 0.1) is 0 Å². The Morgan fingerprint density at radius 3 is 1.86 bits per heavy atom. The predicted octanol–water partition coefficient (Wildman–Crippen LogP) is 5.79. The van der Waals surface area contributed by atoms with Crippen molar-refractivity contribution in [1.82, 2.24) is 0 Å². The number of aryl methyl sites for hydroxylation is 1. The van der Waals surface area contributed by atoms with Gasteiger partial charge in [0, 0.05) is 22.7 Å². The van der Waals surface area contributed by atoms with E-state index in [1.165, 1.54) is 11.1 Å². The molecule has 0 spiro atoms. The van der Waals surface area contributed by atoms with Gasteiger partial charge in [0.2, 0.25) is 0 Å². The average Bonchev–Trinajstić information content (AvgIpc) is 2.54. The predicted molar refractivity (Wildman–Crippen MR) is 95.4 cm³/mol. The summed E-state index contributed by atoms with van der Waals surface area (Å²) in [6.07, 6.45) is 0. The lowest BCUT2D eigenvalue weighted by Gasteiger charge is -2.16. The van der Waals surface area contributed by atoms with Crippen molar-refractivity contribution in [2.24, 2.45) is 0 Å². The van der Waals surface area contributed by atoms with E-state index in [1.54, 1.807) is 0 Å². The van der Waals surface area contributed by atoms with Crippen LogP contribution in [0.25, 0.3) is 0 Å². The zero-order valence-electron chi connectivity index (χ0n) is 12.9. The van der Waals surface area contributed by atoms with Crippen LogP contribution >= 0.6 is 0 Å². The molecule has 3 rings (SSSR count). The fourth-order valence-electron chi connectivity index (χ4n) is 2.44. The topological polar surface area (TPSA) is 24.1 Å². The summed E-state index contributed by atoms with van der Waals surface area (Å²) in [5, 5.41) is 7.00. The number of benzene rings is 3. The summed E-state index contributed by atoms with van der Waals surface area (Å²) >= 11 is 0. The lowest BCUT2D eigenvalue weighted by atomic mass is 10.1. The summed E-state index contributed by atoms with van der Waals surface area (Å²) in [5.41, 5.74) is 6.92. The van der Waals surface area contributed by atoms with Gasteiger partial charge in [0.25, 0.3) is 0 Å². The summed E-state index contributed by atoms with van der Waals surface area (Å²) in [4.78, 5) is 0. The molecule has 22 heavy (non-hydrogen) atoms. The third-order valence-electron chi connectivity index (χ3n) is 3.80. The molecule has 2 nitrogen and oxygen atoms in total. The van der Waals surface area contributed by atoms with E-state index < -0.39 is 0 Å². The first-order valence-electron chi connectivity index (χ1n) is 7.48. The molecule has 0 heterocycles. The highest BCUT2D eigenvalue weighted by molar-refractivity contribution is 5.74. The Labute approximate surface area is 131 Å². The van der Waals surface area contributed by atoms with Gasteiger partial charge in [-0.15, -0.1) is 0 Å². The SMILES string of the molecule is Cc1ccccc1Nc1cccc(Nc2ccccc2)c1C. The Morgan fingerprint density at radius 2 is 1.14 bits per heavy atom. The van der Waals surface area contributed by atoms with Crippen molar-refractivity contribution in [3.05, 3.63) is 83.9 Å². The molecular formula is C20H20N2. The van der Waals surface area contributed by atoms with E-state index in [9.17, 15) is 0 Å². The fraction of sp³-hybridized carbons (Fsp3) is 0.100. The maximum atomic E-state index is 3.53. The molecule has 0 unspecified atom stereocenters. The van der Waals surface area contributed by atoms with E-state index >= 15 is 0 Å². The van der Waals surface area contributed by atoms with Gasteiger partial charge in [-0.05, 0) is 55.3 Å². The third-order valence-corrected chi connectivity index (χ3v) is 3.80. The molecule has 2 N–H and O–H groups in total. The van der Waals surface area contributed by atoms with Crippen molar-refractivity contribution in [2.45, 2.75) is 13.8 Å². The molecule has 0 saturated carbocycles. The summed E-state index contributed by atoms with van der Waals surface area (Å²) < 4.78 is 0. The van der Waals surface area contributed by atoms with Gasteiger partial charge in [-0.3, -0.25) is 0 Å². The lowest BCUT2D eigenvalue weighted by Crippen LogP contribution is -1.99. The number of hydrogen-bond acceptors (Lipinski definition) is 2. The van der Waals surface area contributed by atoms with Gasteiger partial charge >= 0.3 is 0 Å². The standard InChI is InChI=1S/C20H20N2/c1-15-9-6-7-12-18(15)22-20-14-8-13-19(16(20)2)21-17-10-4-3-5-11-17/h3-14,21-22H,1-2H3. The second-order valence-electron chi connectivity index (χ2n) is 5.41. The Morgan fingerprint density at radius 1 is 0.545 bits per heavy atom. The number of nitrogens with one attached hydrogen (secondary N) is 2. The molecule has 0 amide bonds. The quantitative estimate of drug-likeness (QED) is 0.635. The molecule has 0 aliphatic carbocycles. The van der Waals surface area contributed by atoms with E-state index in [2.05, 4.69) is 79.1 Å². The van der Waals surface area contributed by atoms with Crippen molar-refractivity contribution in [3.63, 3.8) is 0 Å². The Balaban J connectivity index is 1.88. The van der Waals surface area contributed by atoms with Crippen LogP contribution in [-0.2, 0) is 0 Å². The van der Waals surface area contributed by atoms with Crippen molar-refractivity contribution in [2.75, 3.05) is 10.6 Å². The number of hydrogen-bond donors (Lipinski definition) is 2. The van der Waals surface area contributed by atoms with Crippen molar-refractivity contribution in [1.29, 1.82) is 0 Å². The molecule has 0 aliphatic heterocycles. The summed E-state index contributed by atoms with van der Waals surface area (Å²) in [6.45, 7) is 4.25. The number of para-hydroxylation sites is 2. The molecule has 0 saturated heterocycles. The monoisotopic (exact) mass is 288 g/mol. The molecule has 0 fully saturated rings. The normalized spacial score (nSPS) is 10.3. The third kappa shape index (κ3) is 3.12. The van der Waals surface area contributed by atoms with Gasteiger partial charge in [-0.1, -0.05) is 42.5 Å². The van der Waals surface area contributed by atoms with Crippen LogP contribution in [-0.4, -0.2) is 0 Å². The van der Waals surface area contributed by atoms with Crippen molar-refractivity contribution in [3.8, 4) is 0 Å². The van der Waals surface area contributed by atoms with Crippen LogP contribution in [0.4, 0.5) is 22.7 Å². The molecule has 3 aromatic carbocycles. The van der Waals surface area contributed by atoms with Crippen LogP contribution in [0.5, 0.6) is 0 Å². The van der Waals surface area contributed by atoms with Gasteiger partial charge in [-0.2, -0.15) is 0 Å². The molecule has 0 aliphatic rings. The lowest BCUT2D eigenvalue weighted by molar-refractivity contribution is 1.38. The zero-order valence-corrected chi connectivity index (χ0v) is 12.9. The van der Waals surface area contributed by atoms with Crippen molar-refractivity contribution < 1.29 is 0 Å². The minimum absolute atomic E-state index is 1.10. The van der Waals surface area contributed by atoms with Crippen LogP contribution in [0.15, 0.2) is 72.8 Å². The molecule has 0 radical (unpaired) electrons. The van der Waals surface area contributed by atoms with Crippen LogP contribution in [0, 0.1) is 13.8 Å². The van der Waals surface area contributed by atoms with E-state index in [4.69, 9.17) is 0 Å². The fourth-order valence-corrected chi connectivity index (χ4v) is 2.44. The number of rotatable bonds is 4.